The third-order valence-corrected chi connectivity index (χ3v) is 4.59. The Morgan fingerprint density at radius 2 is 2.32 bits per heavy atom. The van der Waals surface area contributed by atoms with E-state index in [9.17, 15) is 0 Å². The smallest absolute Gasteiger partial charge is 0.0763 e. The number of hydrogen-bond donors (Lipinski definition) is 1. The number of nitrogens with two attached hydrogens (primary N) is 1. The predicted octanol–water partition coefficient (Wildman–Crippen LogP) is 3.23. The van der Waals surface area contributed by atoms with Gasteiger partial charge in [-0.3, -0.25) is 4.98 Å². The molecule has 1 unspecified atom stereocenters. The van der Waals surface area contributed by atoms with Gasteiger partial charge >= 0.3 is 0 Å². The zero-order chi connectivity index (χ0) is 13.1. The highest BCUT2D eigenvalue weighted by Gasteiger charge is 2.15. The van der Waals surface area contributed by atoms with Crippen molar-refractivity contribution < 1.29 is 4.74 Å². The standard InChI is InChI=1S/C15H18N2OS/c16-14-6-5-11(15-13(14)4-1-7-17-15)9-19-10-12-3-2-8-18-12/h1,4-7,12H,2-3,8-10,16H2. The number of fused-ring (bicyclic) bond motifs is 1. The molecule has 1 saturated heterocycles. The fourth-order valence-electron chi connectivity index (χ4n) is 2.45. The average molecular weight is 274 g/mol. The van der Waals surface area contributed by atoms with E-state index in [1.54, 1.807) is 0 Å². The van der Waals surface area contributed by atoms with Crippen LogP contribution in [0.1, 0.15) is 18.4 Å². The molecular weight excluding hydrogens is 256 g/mol. The Hall–Kier alpha value is -1.26. The first-order valence-corrected chi connectivity index (χ1v) is 7.81. The summed E-state index contributed by atoms with van der Waals surface area (Å²) >= 11 is 1.92. The Balaban J connectivity index is 1.72. The maximum atomic E-state index is 5.99. The number of thioether (sulfide) groups is 1. The molecule has 2 N–H and O–H groups in total. The van der Waals surface area contributed by atoms with Crippen molar-refractivity contribution in [3.63, 3.8) is 0 Å². The number of aromatic nitrogens is 1. The summed E-state index contributed by atoms with van der Waals surface area (Å²) in [5.74, 6) is 2.03. The van der Waals surface area contributed by atoms with Crippen LogP contribution in [0, 0.1) is 0 Å². The van der Waals surface area contributed by atoms with E-state index in [0.717, 1.165) is 34.7 Å². The molecule has 1 atom stereocenters. The van der Waals surface area contributed by atoms with Crippen LogP contribution in [0.3, 0.4) is 0 Å². The first-order chi connectivity index (χ1) is 9.34. The van der Waals surface area contributed by atoms with Crippen molar-refractivity contribution in [1.82, 2.24) is 4.98 Å². The molecule has 0 amide bonds. The number of hydrogen-bond acceptors (Lipinski definition) is 4. The largest absolute Gasteiger partial charge is 0.398 e. The van der Waals surface area contributed by atoms with Crippen LogP contribution >= 0.6 is 11.8 Å². The zero-order valence-corrected chi connectivity index (χ0v) is 11.7. The van der Waals surface area contributed by atoms with Gasteiger partial charge in [0.15, 0.2) is 0 Å². The molecule has 19 heavy (non-hydrogen) atoms. The minimum Gasteiger partial charge on any atom is -0.398 e. The molecule has 3 rings (SSSR count). The molecule has 1 aromatic heterocycles. The van der Waals surface area contributed by atoms with Crippen molar-refractivity contribution in [2.45, 2.75) is 24.7 Å². The Kier molecular flexibility index (Phi) is 3.89. The van der Waals surface area contributed by atoms with Crippen LogP contribution in [0.25, 0.3) is 10.9 Å². The van der Waals surface area contributed by atoms with E-state index in [-0.39, 0.29) is 0 Å². The van der Waals surface area contributed by atoms with E-state index < -0.39 is 0 Å². The van der Waals surface area contributed by atoms with Gasteiger partial charge < -0.3 is 10.5 Å². The van der Waals surface area contributed by atoms with Crippen LogP contribution in [0.5, 0.6) is 0 Å². The second-order valence-electron chi connectivity index (χ2n) is 4.86. The van der Waals surface area contributed by atoms with E-state index in [2.05, 4.69) is 11.1 Å². The second-order valence-corrected chi connectivity index (χ2v) is 5.89. The number of anilines is 1. The third-order valence-electron chi connectivity index (χ3n) is 3.47. The van der Waals surface area contributed by atoms with Crippen LogP contribution in [-0.2, 0) is 10.5 Å². The topological polar surface area (TPSA) is 48.1 Å². The summed E-state index contributed by atoms with van der Waals surface area (Å²) in [7, 11) is 0. The lowest BCUT2D eigenvalue weighted by atomic mass is 10.1. The van der Waals surface area contributed by atoms with Gasteiger partial charge in [0.05, 0.1) is 11.6 Å². The highest BCUT2D eigenvalue weighted by Crippen LogP contribution is 2.27. The molecule has 0 radical (unpaired) electrons. The van der Waals surface area contributed by atoms with Gasteiger partial charge in [0, 0.05) is 35.4 Å². The van der Waals surface area contributed by atoms with Crippen molar-refractivity contribution in [1.29, 1.82) is 0 Å². The molecule has 1 aliphatic rings. The van der Waals surface area contributed by atoms with E-state index >= 15 is 0 Å². The number of benzene rings is 1. The summed E-state index contributed by atoms with van der Waals surface area (Å²) in [6.45, 7) is 0.928. The van der Waals surface area contributed by atoms with Gasteiger partial charge in [0.1, 0.15) is 0 Å². The van der Waals surface area contributed by atoms with Gasteiger partial charge in [-0.1, -0.05) is 6.07 Å². The molecule has 1 fully saturated rings. The molecule has 0 spiro atoms. The summed E-state index contributed by atoms with van der Waals surface area (Å²) < 4.78 is 5.64. The van der Waals surface area contributed by atoms with Crippen LogP contribution in [0.4, 0.5) is 5.69 Å². The monoisotopic (exact) mass is 274 g/mol. The fourth-order valence-corrected chi connectivity index (χ4v) is 3.54. The van der Waals surface area contributed by atoms with Gasteiger partial charge in [-0.2, -0.15) is 11.8 Å². The highest BCUT2D eigenvalue weighted by molar-refractivity contribution is 7.98. The molecule has 0 aliphatic carbocycles. The first-order valence-electron chi connectivity index (χ1n) is 6.66. The van der Waals surface area contributed by atoms with Gasteiger partial charge in [-0.15, -0.1) is 0 Å². The summed E-state index contributed by atoms with van der Waals surface area (Å²) in [5.41, 5.74) is 9.08. The quantitative estimate of drug-likeness (QED) is 0.870. The van der Waals surface area contributed by atoms with Gasteiger partial charge in [0.2, 0.25) is 0 Å². The molecule has 0 bridgehead atoms. The number of rotatable bonds is 4. The average Bonchev–Trinajstić information content (AvgIpc) is 2.95. The minimum absolute atomic E-state index is 0.443. The van der Waals surface area contributed by atoms with Crippen molar-refractivity contribution in [2.75, 3.05) is 18.1 Å². The minimum atomic E-state index is 0.443. The van der Waals surface area contributed by atoms with Crippen LogP contribution in [0.2, 0.25) is 0 Å². The zero-order valence-electron chi connectivity index (χ0n) is 10.8. The predicted molar refractivity (Wildman–Crippen MR) is 81.3 cm³/mol. The Labute approximate surface area is 117 Å². The third kappa shape index (κ3) is 2.85. The normalized spacial score (nSPS) is 19.1. The molecule has 2 heterocycles. The lowest BCUT2D eigenvalue weighted by Crippen LogP contribution is -2.08. The Morgan fingerprint density at radius 1 is 1.37 bits per heavy atom. The maximum Gasteiger partial charge on any atom is 0.0763 e. The highest BCUT2D eigenvalue weighted by atomic mass is 32.2. The molecule has 1 aromatic carbocycles. The second kappa shape index (κ2) is 5.80. The van der Waals surface area contributed by atoms with Crippen LogP contribution in [0.15, 0.2) is 30.5 Å². The van der Waals surface area contributed by atoms with E-state index in [1.165, 1.54) is 18.4 Å². The van der Waals surface area contributed by atoms with Gasteiger partial charge in [0.25, 0.3) is 0 Å². The molecule has 100 valence electrons. The van der Waals surface area contributed by atoms with Gasteiger partial charge in [-0.05, 0) is 36.6 Å². The summed E-state index contributed by atoms with van der Waals surface area (Å²) in [5, 5.41) is 1.05. The molecule has 4 heteroatoms. The van der Waals surface area contributed by atoms with Crippen molar-refractivity contribution in [3.8, 4) is 0 Å². The summed E-state index contributed by atoms with van der Waals surface area (Å²) in [4.78, 5) is 4.47. The van der Waals surface area contributed by atoms with Gasteiger partial charge in [-0.25, -0.2) is 0 Å². The molecule has 3 nitrogen and oxygen atoms in total. The van der Waals surface area contributed by atoms with Crippen LogP contribution in [-0.4, -0.2) is 23.4 Å². The van der Waals surface area contributed by atoms with Crippen molar-refractivity contribution >= 4 is 28.4 Å². The Bertz CT molecular complexity index is 567. The molecule has 0 saturated carbocycles. The lowest BCUT2D eigenvalue weighted by molar-refractivity contribution is 0.129. The van der Waals surface area contributed by atoms with E-state index in [0.29, 0.717) is 6.10 Å². The van der Waals surface area contributed by atoms with E-state index in [4.69, 9.17) is 10.5 Å². The maximum absolute atomic E-state index is 5.99. The Morgan fingerprint density at radius 3 is 3.16 bits per heavy atom. The van der Waals surface area contributed by atoms with E-state index in [1.807, 2.05) is 36.2 Å². The molecule has 1 aliphatic heterocycles. The summed E-state index contributed by atoms with van der Waals surface area (Å²) in [6, 6.07) is 8.03. The lowest BCUT2D eigenvalue weighted by Gasteiger charge is -2.10. The number of pyridine rings is 1. The molecule has 2 aromatic rings. The number of nitrogen functional groups attached to an aromatic ring is 1. The molecular formula is C15H18N2OS. The first kappa shape index (κ1) is 12.8. The summed E-state index contributed by atoms with van der Waals surface area (Å²) in [6.07, 6.45) is 4.68. The number of ether oxygens (including phenoxy) is 1. The van der Waals surface area contributed by atoms with Crippen molar-refractivity contribution in [3.05, 3.63) is 36.0 Å². The van der Waals surface area contributed by atoms with Crippen molar-refractivity contribution in [2.24, 2.45) is 0 Å². The number of nitrogens with zero attached hydrogens (tertiary/aromatic N) is 1. The fraction of sp³-hybridized carbons (Fsp3) is 0.400. The van der Waals surface area contributed by atoms with Crippen LogP contribution < -0.4 is 5.73 Å². The SMILES string of the molecule is Nc1ccc(CSCC2CCCO2)c2ncccc12.